The van der Waals surface area contributed by atoms with E-state index in [1.165, 1.54) is 14.2 Å². The van der Waals surface area contributed by atoms with Gasteiger partial charge in [-0.25, -0.2) is 13.1 Å². The summed E-state index contributed by atoms with van der Waals surface area (Å²) in [7, 11) is -0.508. The van der Waals surface area contributed by atoms with Gasteiger partial charge in [0.05, 0.1) is 17.6 Å². The highest BCUT2D eigenvalue weighted by atomic mass is 32.2. The second-order valence-electron chi connectivity index (χ2n) is 4.52. The second kappa shape index (κ2) is 7.70. The fourth-order valence-electron chi connectivity index (χ4n) is 1.63. The molecule has 3 N–H and O–H groups in total. The highest BCUT2D eigenvalue weighted by molar-refractivity contribution is 7.89. The number of ether oxygens (including phenoxy) is 2. The predicted molar refractivity (Wildman–Crippen MR) is 76.9 cm³/mol. The fourth-order valence-corrected chi connectivity index (χ4v) is 2.70. The number of hydrogen-bond donors (Lipinski definition) is 2. The van der Waals surface area contributed by atoms with E-state index in [1.807, 2.05) is 6.92 Å². The molecule has 0 bridgehead atoms. The van der Waals surface area contributed by atoms with Crippen LogP contribution in [0, 0.1) is 0 Å². The summed E-state index contributed by atoms with van der Waals surface area (Å²) in [6.45, 7) is 2.32. The highest BCUT2D eigenvalue weighted by Crippen LogP contribution is 2.14. The standard InChI is InChI=1S/C13H22N2O4S/c1-10(14)11-4-6-13(7-5-11)20(16,17)15-8-12(19-3)9-18-2/h4-7,10,12,15H,8-9,14H2,1-3H3. The first-order valence-corrected chi connectivity index (χ1v) is 7.76. The molecule has 0 spiro atoms. The Kier molecular flexibility index (Phi) is 6.57. The molecule has 1 aromatic rings. The van der Waals surface area contributed by atoms with Gasteiger partial charge >= 0.3 is 0 Å². The number of benzene rings is 1. The summed E-state index contributed by atoms with van der Waals surface area (Å²) in [6, 6.07) is 6.38. The summed E-state index contributed by atoms with van der Waals surface area (Å²) in [6.07, 6.45) is -0.321. The molecular formula is C13H22N2O4S. The molecule has 0 fully saturated rings. The van der Waals surface area contributed by atoms with Crippen LogP contribution in [-0.4, -0.2) is 41.9 Å². The van der Waals surface area contributed by atoms with Crippen molar-refractivity contribution in [2.75, 3.05) is 27.4 Å². The van der Waals surface area contributed by atoms with E-state index in [-0.39, 0.29) is 23.6 Å². The Morgan fingerprint density at radius 2 is 1.85 bits per heavy atom. The summed E-state index contributed by atoms with van der Waals surface area (Å²) in [5, 5.41) is 0. The minimum absolute atomic E-state index is 0.126. The SMILES string of the molecule is COCC(CNS(=O)(=O)c1ccc(C(C)N)cc1)OC. The molecule has 0 aromatic heterocycles. The molecule has 2 atom stereocenters. The first-order chi connectivity index (χ1) is 9.40. The van der Waals surface area contributed by atoms with Crippen molar-refractivity contribution in [2.24, 2.45) is 5.73 Å². The molecular weight excluding hydrogens is 280 g/mol. The van der Waals surface area contributed by atoms with Crippen molar-refractivity contribution in [3.63, 3.8) is 0 Å². The molecule has 6 nitrogen and oxygen atoms in total. The van der Waals surface area contributed by atoms with E-state index >= 15 is 0 Å². The lowest BCUT2D eigenvalue weighted by Gasteiger charge is -2.15. The molecule has 20 heavy (non-hydrogen) atoms. The Balaban J connectivity index is 2.73. The Labute approximate surface area is 120 Å². The van der Waals surface area contributed by atoms with Gasteiger partial charge in [0.25, 0.3) is 0 Å². The molecule has 0 amide bonds. The van der Waals surface area contributed by atoms with Crippen LogP contribution in [0.25, 0.3) is 0 Å². The molecule has 1 aromatic carbocycles. The first kappa shape index (κ1) is 17.1. The summed E-state index contributed by atoms with van der Waals surface area (Å²) in [5.41, 5.74) is 6.61. The molecule has 0 aliphatic carbocycles. The maximum Gasteiger partial charge on any atom is 0.240 e. The summed E-state index contributed by atoms with van der Waals surface area (Å²) in [5.74, 6) is 0. The van der Waals surface area contributed by atoms with E-state index in [2.05, 4.69) is 4.72 Å². The van der Waals surface area contributed by atoms with Crippen molar-refractivity contribution in [1.82, 2.24) is 4.72 Å². The Morgan fingerprint density at radius 3 is 2.30 bits per heavy atom. The van der Waals surface area contributed by atoms with Crippen molar-refractivity contribution in [2.45, 2.75) is 24.0 Å². The van der Waals surface area contributed by atoms with Crippen LogP contribution in [0.2, 0.25) is 0 Å². The minimum atomic E-state index is -3.55. The average Bonchev–Trinajstić information content (AvgIpc) is 2.43. The summed E-state index contributed by atoms with van der Waals surface area (Å²) in [4.78, 5) is 0.203. The van der Waals surface area contributed by atoms with Gasteiger partial charge in [-0.2, -0.15) is 0 Å². The molecule has 0 saturated heterocycles. The largest absolute Gasteiger partial charge is 0.382 e. The van der Waals surface area contributed by atoms with Crippen molar-refractivity contribution < 1.29 is 17.9 Å². The van der Waals surface area contributed by atoms with E-state index in [1.54, 1.807) is 24.3 Å². The number of rotatable bonds is 8. The van der Waals surface area contributed by atoms with Crippen LogP contribution in [0.5, 0.6) is 0 Å². The van der Waals surface area contributed by atoms with E-state index in [0.29, 0.717) is 6.61 Å². The maximum atomic E-state index is 12.1. The van der Waals surface area contributed by atoms with Crippen LogP contribution in [0.15, 0.2) is 29.2 Å². The molecule has 114 valence electrons. The van der Waals surface area contributed by atoms with Gasteiger partial charge in [-0.3, -0.25) is 0 Å². The maximum absolute atomic E-state index is 12.1. The second-order valence-corrected chi connectivity index (χ2v) is 6.29. The van der Waals surface area contributed by atoms with Crippen molar-refractivity contribution in [3.05, 3.63) is 29.8 Å². The van der Waals surface area contributed by atoms with E-state index in [4.69, 9.17) is 15.2 Å². The van der Waals surface area contributed by atoms with Gasteiger partial charge in [0.1, 0.15) is 0 Å². The van der Waals surface area contributed by atoms with Gasteiger partial charge in [0.2, 0.25) is 10.0 Å². The third-order valence-electron chi connectivity index (χ3n) is 2.90. The highest BCUT2D eigenvalue weighted by Gasteiger charge is 2.17. The third kappa shape index (κ3) is 4.84. The van der Waals surface area contributed by atoms with E-state index < -0.39 is 10.0 Å². The fraction of sp³-hybridized carbons (Fsp3) is 0.538. The van der Waals surface area contributed by atoms with Gasteiger partial charge in [0.15, 0.2) is 0 Å². The number of hydrogen-bond acceptors (Lipinski definition) is 5. The lowest BCUT2D eigenvalue weighted by atomic mass is 10.1. The van der Waals surface area contributed by atoms with Crippen LogP contribution < -0.4 is 10.5 Å². The van der Waals surface area contributed by atoms with Crippen molar-refractivity contribution in [3.8, 4) is 0 Å². The zero-order valence-corrected chi connectivity index (χ0v) is 12.8. The molecule has 7 heteroatoms. The van der Waals surface area contributed by atoms with Gasteiger partial charge in [-0.1, -0.05) is 12.1 Å². The van der Waals surface area contributed by atoms with Crippen LogP contribution in [-0.2, 0) is 19.5 Å². The molecule has 0 aliphatic heterocycles. The van der Waals surface area contributed by atoms with Crippen molar-refractivity contribution >= 4 is 10.0 Å². The third-order valence-corrected chi connectivity index (χ3v) is 4.34. The lowest BCUT2D eigenvalue weighted by Crippen LogP contribution is -2.35. The van der Waals surface area contributed by atoms with Crippen LogP contribution in [0.1, 0.15) is 18.5 Å². The number of nitrogens with one attached hydrogen (secondary N) is 1. The average molecular weight is 302 g/mol. The number of nitrogens with two attached hydrogens (primary N) is 1. The molecule has 1 rings (SSSR count). The van der Waals surface area contributed by atoms with Gasteiger partial charge in [-0.05, 0) is 24.6 Å². The first-order valence-electron chi connectivity index (χ1n) is 6.27. The Hall–Kier alpha value is -0.990. The summed E-state index contributed by atoms with van der Waals surface area (Å²) < 4.78 is 36.7. The topological polar surface area (TPSA) is 90.7 Å². The zero-order chi connectivity index (χ0) is 15.2. The minimum Gasteiger partial charge on any atom is -0.382 e. The molecule has 0 heterocycles. The van der Waals surface area contributed by atoms with Crippen LogP contribution in [0.3, 0.4) is 0 Å². The van der Waals surface area contributed by atoms with Gasteiger partial charge in [-0.15, -0.1) is 0 Å². The number of methoxy groups -OCH3 is 2. The number of sulfonamides is 1. The van der Waals surface area contributed by atoms with Crippen molar-refractivity contribution in [1.29, 1.82) is 0 Å². The normalized spacial score (nSPS) is 15.0. The molecule has 0 radical (unpaired) electrons. The lowest BCUT2D eigenvalue weighted by molar-refractivity contribution is 0.0320. The Bertz CT molecular complexity index is 500. The molecule has 0 saturated carbocycles. The quantitative estimate of drug-likeness (QED) is 0.735. The molecule has 0 aliphatic rings. The van der Waals surface area contributed by atoms with E-state index in [0.717, 1.165) is 5.56 Å². The van der Waals surface area contributed by atoms with Gasteiger partial charge in [0, 0.05) is 26.8 Å². The Morgan fingerprint density at radius 1 is 1.25 bits per heavy atom. The summed E-state index contributed by atoms with van der Waals surface area (Å²) >= 11 is 0. The predicted octanol–water partition coefficient (Wildman–Crippen LogP) is 0.646. The smallest absolute Gasteiger partial charge is 0.240 e. The van der Waals surface area contributed by atoms with Gasteiger partial charge < -0.3 is 15.2 Å². The zero-order valence-electron chi connectivity index (χ0n) is 12.0. The monoisotopic (exact) mass is 302 g/mol. The van der Waals surface area contributed by atoms with Crippen LogP contribution in [0.4, 0.5) is 0 Å². The van der Waals surface area contributed by atoms with E-state index in [9.17, 15) is 8.42 Å². The van der Waals surface area contributed by atoms with Crippen LogP contribution >= 0.6 is 0 Å². The molecule has 2 unspecified atom stereocenters.